The van der Waals surface area contributed by atoms with Crippen LogP contribution in [-0.4, -0.2) is 33.1 Å². The molecule has 1 aliphatic rings. The second kappa shape index (κ2) is 4.68. The molecule has 0 saturated carbocycles. The van der Waals surface area contributed by atoms with Crippen LogP contribution in [0.1, 0.15) is 38.8 Å². The zero-order valence-electron chi connectivity index (χ0n) is 9.94. The lowest BCUT2D eigenvalue weighted by Gasteiger charge is -2.39. The first kappa shape index (κ1) is 11.2. The topological polar surface area (TPSA) is 49.0 Å². The molecule has 1 saturated heterocycles. The number of carbonyl (C=O) groups excluding carboxylic acids is 1. The summed E-state index contributed by atoms with van der Waals surface area (Å²) in [5.41, 5.74) is 0.898. The van der Waals surface area contributed by atoms with E-state index in [4.69, 9.17) is 0 Å². The van der Waals surface area contributed by atoms with E-state index in [-0.39, 0.29) is 5.91 Å². The predicted molar refractivity (Wildman–Crippen MR) is 61.9 cm³/mol. The van der Waals surface area contributed by atoms with E-state index in [1.54, 1.807) is 6.20 Å². The summed E-state index contributed by atoms with van der Waals surface area (Å²) in [6.07, 6.45) is 5.61. The normalized spacial score (nSPS) is 25.8. The highest BCUT2D eigenvalue weighted by Gasteiger charge is 2.28. The Bertz CT molecular complexity index is 337. The van der Waals surface area contributed by atoms with Gasteiger partial charge in [0.2, 0.25) is 5.91 Å². The number of aromatic amines is 1. The SMILES string of the molecule is CC1CCCC(C)N1C(=O)Cc1ccn[nH]1. The maximum Gasteiger partial charge on any atom is 0.229 e. The molecule has 2 heterocycles. The average molecular weight is 221 g/mol. The van der Waals surface area contributed by atoms with Crippen LogP contribution in [-0.2, 0) is 11.2 Å². The fourth-order valence-electron chi connectivity index (χ4n) is 2.55. The lowest BCUT2D eigenvalue weighted by atomic mass is 9.97. The van der Waals surface area contributed by atoms with Crippen LogP contribution in [0.2, 0.25) is 0 Å². The molecule has 2 rings (SSSR count). The third-order valence-electron chi connectivity index (χ3n) is 3.38. The first-order valence-electron chi connectivity index (χ1n) is 5.98. The second-order valence-electron chi connectivity index (χ2n) is 4.69. The van der Waals surface area contributed by atoms with Gasteiger partial charge in [0.1, 0.15) is 0 Å². The van der Waals surface area contributed by atoms with E-state index in [1.165, 1.54) is 6.42 Å². The number of hydrogen-bond donors (Lipinski definition) is 1. The highest BCUT2D eigenvalue weighted by Crippen LogP contribution is 2.23. The third kappa shape index (κ3) is 2.26. The van der Waals surface area contributed by atoms with Crippen LogP contribution in [0.3, 0.4) is 0 Å². The van der Waals surface area contributed by atoms with Crippen molar-refractivity contribution in [2.24, 2.45) is 0 Å². The number of nitrogens with one attached hydrogen (secondary N) is 1. The van der Waals surface area contributed by atoms with Gasteiger partial charge in [-0.3, -0.25) is 9.89 Å². The lowest BCUT2D eigenvalue weighted by molar-refractivity contribution is -0.136. The first-order valence-corrected chi connectivity index (χ1v) is 5.98. The minimum atomic E-state index is 0.212. The van der Waals surface area contributed by atoms with Gasteiger partial charge in [-0.2, -0.15) is 5.10 Å². The van der Waals surface area contributed by atoms with Gasteiger partial charge in [-0.15, -0.1) is 0 Å². The highest BCUT2D eigenvalue weighted by atomic mass is 16.2. The van der Waals surface area contributed by atoms with Crippen molar-refractivity contribution in [2.45, 2.75) is 51.6 Å². The molecule has 2 atom stereocenters. The average Bonchev–Trinajstić information content (AvgIpc) is 2.70. The van der Waals surface area contributed by atoms with E-state index in [9.17, 15) is 4.79 Å². The second-order valence-corrected chi connectivity index (χ2v) is 4.69. The van der Waals surface area contributed by atoms with Crippen LogP contribution in [0.5, 0.6) is 0 Å². The smallest absolute Gasteiger partial charge is 0.229 e. The van der Waals surface area contributed by atoms with Crippen LogP contribution < -0.4 is 0 Å². The number of rotatable bonds is 2. The molecule has 0 aliphatic carbocycles. The molecule has 1 aromatic rings. The van der Waals surface area contributed by atoms with Crippen molar-refractivity contribution in [2.75, 3.05) is 0 Å². The van der Waals surface area contributed by atoms with Gasteiger partial charge < -0.3 is 4.90 Å². The molecule has 2 unspecified atom stereocenters. The molecule has 1 amide bonds. The van der Waals surface area contributed by atoms with E-state index >= 15 is 0 Å². The standard InChI is InChI=1S/C12H19N3O/c1-9-4-3-5-10(2)15(9)12(16)8-11-6-7-13-14-11/h6-7,9-10H,3-5,8H2,1-2H3,(H,13,14). The summed E-state index contributed by atoms with van der Waals surface area (Å²) in [4.78, 5) is 14.2. The number of amides is 1. The van der Waals surface area contributed by atoms with E-state index in [0.717, 1.165) is 18.5 Å². The van der Waals surface area contributed by atoms with Crippen LogP contribution in [0, 0.1) is 0 Å². The molecule has 0 spiro atoms. The molecule has 0 aromatic carbocycles. The largest absolute Gasteiger partial charge is 0.337 e. The molecule has 1 fully saturated rings. The Morgan fingerprint density at radius 1 is 1.50 bits per heavy atom. The maximum atomic E-state index is 12.2. The molecule has 4 nitrogen and oxygen atoms in total. The van der Waals surface area contributed by atoms with Gasteiger partial charge in [-0.25, -0.2) is 0 Å². The summed E-state index contributed by atoms with van der Waals surface area (Å²) in [7, 11) is 0. The maximum absolute atomic E-state index is 12.2. The van der Waals surface area contributed by atoms with Crippen molar-refractivity contribution in [3.05, 3.63) is 18.0 Å². The molecule has 0 bridgehead atoms. The third-order valence-corrected chi connectivity index (χ3v) is 3.38. The van der Waals surface area contributed by atoms with Gasteiger partial charge >= 0.3 is 0 Å². The zero-order chi connectivity index (χ0) is 11.5. The summed E-state index contributed by atoms with van der Waals surface area (Å²) in [5.74, 6) is 0.212. The first-order chi connectivity index (χ1) is 7.68. The van der Waals surface area contributed by atoms with Crippen molar-refractivity contribution in [1.82, 2.24) is 15.1 Å². The minimum Gasteiger partial charge on any atom is -0.337 e. The monoisotopic (exact) mass is 221 g/mol. The highest BCUT2D eigenvalue weighted by molar-refractivity contribution is 5.79. The summed E-state index contributed by atoms with van der Waals surface area (Å²) < 4.78 is 0. The predicted octanol–water partition coefficient (Wildman–Crippen LogP) is 1.74. The van der Waals surface area contributed by atoms with Crippen molar-refractivity contribution in [3.63, 3.8) is 0 Å². The van der Waals surface area contributed by atoms with E-state index in [1.807, 2.05) is 11.0 Å². The zero-order valence-corrected chi connectivity index (χ0v) is 9.94. The molecule has 1 aliphatic heterocycles. The van der Waals surface area contributed by atoms with Crippen LogP contribution in [0.4, 0.5) is 0 Å². The number of carbonyl (C=O) groups is 1. The fraction of sp³-hybridized carbons (Fsp3) is 0.667. The Hall–Kier alpha value is -1.32. The Morgan fingerprint density at radius 2 is 2.19 bits per heavy atom. The molecule has 4 heteroatoms. The molecule has 88 valence electrons. The van der Waals surface area contributed by atoms with Gasteiger partial charge in [0, 0.05) is 24.0 Å². The summed E-state index contributed by atoms with van der Waals surface area (Å²) >= 11 is 0. The number of nitrogens with zero attached hydrogens (tertiary/aromatic N) is 2. The van der Waals surface area contributed by atoms with Gasteiger partial charge in [0.15, 0.2) is 0 Å². The van der Waals surface area contributed by atoms with Crippen molar-refractivity contribution in [3.8, 4) is 0 Å². The minimum absolute atomic E-state index is 0.212. The molecular formula is C12H19N3O. The van der Waals surface area contributed by atoms with Crippen molar-refractivity contribution >= 4 is 5.91 Å². The summed E-state index contributed by atoms with van der Waals surface area (Å²) in [5, 5.41) is 6.70. The Morgan fingerprint density at radius 3 is 2.75 bits per heavy atom. The van der Waals surface area contributed by atoms with Gasteiger partial charge in [-0.1, -0.05) is 0 Å². The molecule has 1 aromatic heterocycles. The molecular weight excluding hydrogens is 202 g/mol. The molecule has 0 radical (unpaired) electrons. The summed E-state index contributed by atoms with van der Waals surface area (Å²) in [6.45, 7) is 4.28. The molecule has 16 heavy (non-hydrogen) atoms. The van der Waals surface area contributed by atoms with Gasteiger partial charge in [0.05, 0.1) is 6.42 Å². The Kier molecular flexibility index (Phi) is 3.27. The number of H-pyrrole nitrogens is 1. The molecule has 1 N–H and O–H groups in total. The van der Waals surface area contributed by atoms with E-state index in [0.29, 0.717) is 18.5 Å². The van der Waals surface area contributed by atoms with E-state index < -0.39 is 0 Å². The van der Waals surface area contributed by atoms with Gasteiger partial charge in [-0.05, 0) is 39.2 Å². The number of aromatic nitrogens is 2. The van der Waals surface area contributed by atoms with Crippen LogP contribution in [0.15, 0.2) is 12.3 Å². The van der Waals surface area contributed by atoms with E-state index in [2.05, 4.69) is 24.0 Å². The summed E-state index contributed by atoms with van der Waals surface area (Å²) in [6, 6.07) is 2.61. The van der Waals surface area contributed by atoms with Gasteiger partial charge in [0.25, 0.3) is 0 Å². The van der Waals surface area contributed by atoms with Crippen molar-refractivity contribution < 1.29 is 4.79 Å². The number of piperidine rings is 1. The van der Waals surface area contributed by atoms with Crippen LogP contribution >= 0.6 is 0 Å². The van der Waals surface area contributed by atoms with Crippen molar-refractivity contribution in [1.29, 1.82) is 0 Å². The van der Waals surface area contributed by atoms with Crippen LogP contribution in [0.25, 0.3) is 0 Å². The fourth-order valence-corrected chi connectivity index (χ4v) is 2.55. The Balaban J connectivity index is 2.02. The number of likely N-dealkylation sites (tertiary alicyclic amines) is 1. The Labute approximate surface area is 96.0 Å². The quantitative estimate of drug-likeness (QED) is 0.827. The lowest BCUT2D eigenvalue weighted by Crippen LogP contribution is -2.48. The number of hydrogen-bond acceptors (Lipinski definition) is 2.